The van der Waals surface area contributed by atoms with E-state index < -0.39 is 95.7 Å². The number of fused-ring (bicyclic) bond motifs is 5. The van der Waals surface area contributed by atoms with E-state index in [1.807, 2.05) is 6.08 Å². The van der Waals surface area contributed by atoms with Crippen molar-refractivity contribution in [1.29, 1.82) is 0 Å². The second-order valence-corrected chi connectivity index (χ2v) is 19.2. The van der Waals surface area contributed by atoms with E-state index in [4.69, 9.17) is 18.6 Å². The fraction of sp³-hybridized carbons (Fsp3) is 0.857. The fourth-order valence-corrected chi connectivity index (χ4v) is 11.0. The molecule has 4 aliphatic heterocycles. The zero-order chi connectivity index (χ0) is 41.7. The highest BCUT2D eigenvalue weighted by molar-refractivity contribution is 7.80. The molecular weight excluding hydrogens is 759 g/mol. The summed E-state index contributed by atoms with van der Waals surface area (Å²) in [7, 11) is -5.12. The quantitative estimate of drug-likeness (QED) is 0.119. The van der Waals surface area contributed by atoms with Crippen molar-refractivity contribution in [3.8, 4) is 0 Å². The third-order valence-corrected chi connectivity index (χ3v) is 14.2. The molecule has 4 heterocycles. The lowest BCUT2D eigenvalue weighted by Crippen LogP contribution is -2.61. The minimum atomic E-state index is -5.12. The summed E-state index contributed by atoms with van der Waals surface area (Å²) in [6, 6.07) is 0. The van der Waals surface area contributed by atoms with E-state index in [9.17, 15) is 48.4 Å². The Bertz CT molecular complexity index is 1540. The molecule has 0 radical (unpaired) electrons. The van der Waals surface area contributed by atoms with E-state index in [0.717, 1.165) is 63.5 Å². The monoisotopic (exact) mass is 827 g/mol. The van der Waals surface area contributed by atoms with E-state index in [1.54, 1.807) is 19.9 Å². The molecule has 0 unspecified atom stereocenters. The molecule has 0 amide bonds. The van der Waals surface area contributed by atoms with Crippen molar-refractivity contribution >= 4 is 22.1 Å². The lowest BCUT2D eigenvalue weighted by molar-refractivity contribution is -0.234. The first-order valence-electron chi connectivity index (χ1n) is 21.4. The van der Waals surface area contributed by atoms with E-state index in [2.05, 4.69) is 19.9 Å². The van der Waals surface area contributed by atoms with Gasteiger partial charge in [0.2, 0.25) is 0 Å². The van der Waals surface area contributed by atoms with Crippen LogP contribution in [0.15, 0.2) is 28.8 Å². The van der Waals surface area contributed by atoms with Crippen LogP contribution in [0.1, 0.15) is 124 Å². The Labute approximate surface area is 338 Å². The molecule has 1 saturated heterocycles. The number of nitrogens with zero attached hydrogens (tertiary/aromatic N) is 1. The zero-order valence-corrected chi connectivity index (χ0v) is 35.0. The standard InChI is InChI=1S/C42H69NO13S/c1-24-8-7-11-35-42(27(4)15-17-43-35)16-14-28-20-29(42)9-5-6-10-33(54-36(47)23-32(46)22-31(45)21-28)37(48)25(2)19-34-41(56-57(51,52)53)39(50)38(49)40(55-34)26(3)18-30(44)13-12-24/h6,10,20,24-27,29-34,37-41,44-46,48-50H,5,7-9,11-19,21-23H2,1-4H3,(H,51,52,53)/b10-6+/t24-,25+,26+,27+,29-,30+,31-,32-,33-,34-,37-,38-,39-,40+,41-,42-/m0/s1. The predicted octanol–water partition coefficient (Wildman–Crippen LogP) is 4.00. The molecule has 0 saturated carbocycles. The molecule has 14 nitrogen and oxygen atoms in total. The van der Waals surface area contributed by atoms with Gasteiger partial charge >= 0.3 is 16.4 Å². The van der Waals surface area contributed by atoms with E-state index in [1.165, 1.54) is 5.71 Å². The number of allylic oxidation sites excluding steroid dienone is 2. The SMILES string of the molecule is C[C@H]1CCCC2=NCC[C@@H](C)[C@]23CCC2=C[C@@H]3CC/C=C/[C@H](OC(=O)C[C@@H](O)C[C@@H](O)C2)[C@@H](O)[C@H](C)C[C@@H]2O[C@@H]([C@@H](O)[C@H](O)[C@H]2OS(=O)(=O)O)[C@H](C)C[C@H](O)CC1. The maximum absolute atomic E-state index is 13.2. The minimum Gasteiger partial charge on any atom is -0.455 e. The van der Waals surface area contributed by atoms with E-state index in [-0.39, 0.29) is 30.6 Å². The maximum Gasteiger partial charge on any atom is 0.397 e. The molecule has 57 heavy (non-hydrogen) atoms. The molecule has 0 aromatic carbocycles. The molecule has 16 atom stereocenters. The van der Waals surface area contributed by atoms with Crippen molar-refractivity contribution in [1.82, 2.24) is 0 Å². The highest BCUT2D eigenvalue weighted by Crippen LogP contribution is 2.53. The number of hydrogen-bond donors (Lipinski definition) is 7. The van der Waals surface area contributed by atoms with Crippen molar-refractivity contribution in [3.63, 3.8) is 0 Å². The molecule has 0 aromatic rings. The highest BCUT2D eigenvalue weighted by Gasteiger charge is 2.51. The van der Waals surface area contributed by atoms with E-state index >= 15 is 0 Å². The summed E-state index contributed by atoms with van der Waals surface area (Å²) in [4.78, 5) is 18.4. The fourth-order valence-electron chi connectivity index (χ4n) is 10.5. The number of carbonyl (C=O) groups excluding carboxylic acids is 1. The van der Waals surface area contributed by atoms with Crippen LogP contribution >= 0.6 is 0 Å². The number of hydrogen-bond acceptors (Lipinski definition) is 13. The normalized spacial score (nSPS) is 44.5. The van der Waals surface area contributed by atoms with Gasteiger partial charge in [-0.05, 0) is 113 Å². The van der Waals surface area contributed by atoms with Crippen molar-refractivity contribution in [2.24, 2.45) is 40.0 Å². The minimum absolute atomic E-state index is 0.0258. The molecule has 1 fully saturated rings. The van der Waals surface area contributed by atoms with Gasteiger partial charge in [0.1, 0.15) is 24.4 Å². The average molecular weight is 828 g/mol. The first-order chi connectivity index (χ1) is 26.9. The molecule has 7 N–H and O–H groups in total. The lowest BCUT2D eigenvalue weighted by Gasteiger charge is -2.50. The van der Waals surface area contributed by atoms with Gasteiger partial charge in [-0.1, -0.05) is 51.8 Å². The number of carbonyl (C=O) groups is 1. The van der Waals surface area contributed by atoms with Crippen molar-refractivity contribution in [3.05, 3.63) is 23.8 Å². The highest BCUT2D eigenvalue weighted by atomic mass is 32.3. The summed E-state index contributed by atoms with van der Waals surface area (Å²) in [5.41, 5.74) is 2.26. The second-order valence-electron chi connectivity index (χ2n) is 18.2. The molecule has 15 heteroatoms. The van der Waals surface area contributed by atoms with Gasteiger partial charge in [0.25, 0.3) is 0 Å². The van der Waals surface area contributed by atoms with Crippen molar-refractivity contribution < 1.29 is 62.1 Å². The number of aliphatic hydroxyl groups excluding tert-OH is 6. The number of rotatable bonds is 2. The van der Waals surface area contributed by atoms with Gasteiger partial charge in [-0.25, -0.2) is 4.18 Å². The van der Waals surface area contributed by atoms with Crippen LogP contribution < -0.4 is 0 Å². The lowest BCUT2D eigenvalue weighted by atomic mass is 9.55. The molecule has 5 rings (SSSR count). The summed E-state index contributed by atoms with van der Waals surface area (Å²) in [6.07, 6.45) is 1.23. The summed E-state index contributed by atoms with van der Waals surface area (Å²) in [5.74, 6) is -1.22. The predicted molar refractivity (Wildman–Crippen MR) is 212 cm³/mol. The molecule has 5 bridgehead atoms. The number of esters is 1. The largest absolute Gasteiger partial charge is 0.455 e. The first kappa shape index (κ1) is 46.3. The third-order valence-electron chi connectivity index (χ3n) is 13.7. The van der Waals surface area contributed by atoms with E-state index in [0.29, 0.717) is 31.1 Å². The van der Waals surface area contributed by atoms with Crippen LogP contribution in [0.4, 0.5) is 0 Å². The van der Waals surface area contributed by atoms with Crippen LogP contribution in [-0.2, 0) is 28.9 Å². The van der Waals surface area contributed by atoms with Crippen LogP contribution in [0.25, 0.3) is 0 Å². The maximum atomic E-state index is 13.2. The Kier molecular flexibility index (Phi) is 16.4. The van der Waals surface area contributed by atoms with Crippen LogP contribution in [0.5, 0.6) is 0 Å². The summed E-state index contributed by atoms with van der Waals surface area (Å²) < 4.78 is 50.3. The van der Waals surface area contributed by atoms with Gasteiger partial charge in [0.15, 0.2) is 0 Å². The smallest absolute Gasteiger partial charge is 0.397 e. The van der Waals surface area contributed by atoms with Gasteiger partial charge in [0, 0.05) is 24.1 Å². The van der Waals surface area contributed by atoms with Gasteiger partial charge in [-0.2, -0.15) is 8.42 Å². The van der Waals surface area contributed by atoms with Gasteiger partial charge in [-0.15, -0.1) is 0 Å². The van der Waals surface area contributed by atoms with Crippen LogP contribution in [0.3, 0.4) is 0 Å². The van der Waals surface area contributed by atoms with Gasteiger partial charge in [0.05, 0.1) is 43.0 Å². The number of ether oxygens (including phenoxy) is 2. The molecule has 1 aliphatic carbocycles. The Hall–Kier alpha value is -1.79. The Morgan fingerprint density at radius 3 is 2.30 bits per heavy atom. The number of aliphatic hydroxyl groups is 6. The van der Waals surface area contributed by atoms with Crippen molar-refractivity contribution in [2.75, 3.05) is 6.54 Å². The second kappa shape index (κ2) is 20.2. The first-order valence-corrected chi connectivity index (χ1v) is 22.7. The number of aliphatic imine (C=N–C) groups is 1. The summed E-state index contributed by atoms with van der Waals surface area (Å²) >= 11 is 0. The summed E-state index contributed by atoms with van der Waals surface area (Å²) in [5, 5.41) is 67.1. The molecule has 0 aromatic heterocycles. The van der Waals surface area contributed by atoms with Gasteiger partial charge in [-0.3, -0.25) is 14.3 Å². The zero-order valence-electron chi connectivity index (χ0n) is 34.1. The molecule has 326 valence electrons. The van der Waals surface area contributed by atoms with Crippen LogP contribution in [-0.4, -0.2) is 123 Å². The molecular formula is C42H69NO13S. The van der Waals surface area contributed by atoms with Gasteiger partial charge < -0.3 is 40.1 Å². The van der Waals surface area contributed by atoms with Crippen LogP contribution in [0.2, 0.25) is 0 Å². The van der Waals surface area contributed by atoms with Crippen molar-refractivity contribution in [2.45, 2.75) is 185 Å². The summed E-state index contributed by atoms with van der Waals surface area (Å²) in [6.45, 7) is 8.71. The topological polar surface area (TPSA) is 233 Å². The Morgan fingerprint density at radius 1 is 0.825 bits per heavy atom. The van der Waals surface area contributed by atoms with Crippen LogP contribution in [0, 0.1) is 35.0 Å². The average Bonchev–Trinajstić information content (AvgIpc) is 3.12. The Morgan fingerprint density at radius 2 is 1.56 bits per heavy atom. The Balaban J connectivity index is 1.51. The molecule has 5 aliphatic rings. The molecule has 1 spiro atoms. The third kappa shape index (κ3) is 11.9.